The Hall–Kier alpha value is -2.81. The number of para-hydroxylation sites is 1. The third kappa shape index (κ3) is 2.23. The van der Waals surface area contributed by atoms with Crippen LogP contribution in [0.2, 0.25) is 0 Å². The number of rotatable bonds is 3. The zero-order valence-corrected chi connectivity index (χ0v) is 11.5. The van der Waals surface area contributed by atoms with Crippen molar-refractivity contribution in [2.45, 2.75) is 6.42 Å². The summed E-state index contributed by atoms with van der Waals surface area (Å²) in [5.41, 5.74) is 5.67. The fourth-order valence-electron chi connectivity index (χ4n) is 2.69. The van der Waals surface area contributed by atoms with E-state index >= 15 is 0 Å². The zero-order valence-electron chi connectivity index (χ0n) is 11.5. The monoisotopic (exact) mass is 273 g/mol. The third-order valence-electron chi connectivity index (χ3n) is 3.73. The van der Waals surface area contributed by atoms with Gasteiger partial charge < -0.3 is 4.98 Å². The van der Waals surface area contributed by atoms with Crippen molar-refractivity contribution in [2.24, 2.45) is 0 Å². The first-order valence-electron chi connectivity index (χ1n) is 7.05. The molecule has 0 saturated heterocycles. The molecule has 2 N–H and O–H groups in total. The number of aromatic nitrogens is 3. The number of hydrogen-bond donors (Lipinski definition) is 2. The number of H-pyrrole nitrogens is 2. The molecule has 0 aliphatic carbocycles. The molecule has 4 rings (SSSR count). The average molecular weight is 273 g/mol. The molecule has 0 saturated carbocycles. The number of nitrogens with zero attached hydrogens (tertiary/aromatic N) is 1. The molecule has 4 aromatic rings. The van der Waals surface area contributed by atoms with Crippen molar-refractivity contribution in [1.29, 1.82) is 0 Å². The molecule has 0 bridgehead atoms. The van der Waals surface area contributed by atoms with E-state index in [1.165, 1.54) is 10.9 Å². The van der Waals surface area contributed by atoms with Crippen LogP contribution in [-0.4, -0.2) is 15.2 Å². The topological polar surface area (TPSA) is 44.5 Å². The van der Waals surface area contributed by atoms with Crippen LogP contribution in [0.4, 0.5) is 0 Å². The molecule has 0 unspecified atom stereocenters. The quantitative estimate of drug-likeness (QED) is 0.578. The molecule has 3 nitrogen and oxygen atoms in total. The highest BCUT2D eigenvalue weighted by Crippen LogP contribution is 2.27. The third-order valence-corrected chi connectivity index (χ3v) is 3.73. The molecule has 2 heterocycles. The molecule has 0 amide bonds. The number of hydrogen-bond acceptors (Lipinski definition) is 1. The van der Waals surface area contributed by atoms with Gasteiger partial charge in [-0.15, -0.1) is 0 Å². The van der Waals surface area contributed by atoms with Crippen LogP contribution in [0.15, 0.2) is 66.9 Å². The fourth-order valence-corrected chi connectivity index (χ4v) is 2.69. The highest BCUT2D eigenvalue weighted by atomic mass is 15.1. The minimum atomic E-state index is 0.871. The molecular weight excluding hydrogens is 258 g/mol. The fraction of sp³-hybridized carbons (Fsp3) is 0.0556. The summed E-state index contributed by atoms with van der Waals surface area (Å²) in [6, 6.07) is 20.8. The largest absolute Gasteiger partial charge is 0.360 e. The Labute approximate surface area is 122 Å². The molecule has 0 spiro atoms. The van der Waals surface area contributed by atoms with Crippen LogP contribution in [0.25, 0.3) is 22.2 Å². The van der Waals surface area contributed by atoms with Crippen LogP contribution in [0.1, 0.15) is 11.3 Å². The Kier molecular flexibility index (Phi) is 2.82. The minimum Gasteiger partial charge on any atom is -0.360 e. The van der Waals surface area contributed by atoms with Gasteiger partial charge in [0.05, 0.1) is 5.69 Å². The maximum Gasteiger partial charge on any atom is 0.0945 e. The van der Waals surface area contributed by atoms with Crippen molar-refractivity contribution in [3.63, 3.8) is 0 Å². The van der Waals surface area contributed by atoms with Gasteiger partial charge in [-0.05, 0) is 17.7 Å². The van der Waals surface area contributed by atoms with Gasteiger partial charge in [-0.1, -0.05) is 48.5 Å². The van der Waals surface area contributed by atoms with E-state index in [2.05, 4.69) is 63.7 Å². The van der Waals surface area contributed by atoms with Crippen LogP contribution >= 0.6 is 0 Å². The van der Waals surface area contributed by atoms with E-state index < -0.39 is 0 Å². The van der Waals surface area contributed by atoms with Crippen LogP contribution in [0.3, 0.4) is 0 Å². The van der Waals surface area contributed by atoms with Crippen molar-refractivity contribution in [1.82, 2.24) is 15.2 Å². The number of fused-ring (bicyclic) bond motifs is 1. The Morgan fingerprint density at radius 3 is 2.62 bits per heavy atom. The van der Waals surface area contributed by atoms with E-state index in [-0.39, 0.29) is 0 Å². The van der Waals surface area contributed by atoms with Gasteiger partial charge >= 0.3 is 0 Å². The summed E-state index contributed by atoms with van der Waals surface area (Å²) in [7, 11) is 0. The molecule has 0 radical (unpaired) electrons. The summed E-state index contributed by atoms with van der Waals surface area (Å²) < 4.78 is 0. The molecule has 0 fully saturated rings. The van der Waals surface area contributed by atoms with E-state index in [9.17, 15) is 0 Å². The Balaban J connectivity index is 1.68. The van der Waals surface area contributed by atoms with E-state index in [1.807, 2.05) is 18.3 Å². The van der Waals surface area contributed by atoms with Gasteiger partial charge in [-0.25, -0.2) is 0 Å². The molecular formula is C18H15N3. The van der Waals surface area contributed by atoms with Crippen LogP contribution in [0.5, 0.6) is 0 Å². The Bertz CT molecular complexity index is 872. The number of benzene rings is 2. The van der Waals surface area contributed by atoms with Crippen LogP contribution in [-0.2, 0) is 6.42 Å². The number of nitrogens with one attached hydrogen (secondary N) is 2. The van der Waals surface area contributed by atoms with Gasteiger partial charge in [-0.2, -0.15) is 5.10 Å². The van der Waals surface area contributed by atoms with Crippen molar-refractivity contribution >= 4 is 10.9 Å². The van der Waals surface area contributed by atoms with Gasteiger partial charge in [0.15, 0.2) is 0 Å². The first-order chi connectivity index (χ1) is 10.4. The second-order valence-corrected chi connectivity index (χ2v) is 5.19. The van der Waals surface area contributed by atoms with Crippen LogP contribution in [0, 0.1) is 0 Å². The highest BCUT2D eigenvalue weighted by Gasteiger charge is 2.09. The summed E-state index contributed by atoms with van der Waals surface area (Å²) in [6.45, 7) is 0. The second-order valence-electron chi connectivity index (χ2n) is 5.19. The molecule has 0 atom stereocenters. The van der Waals surface area contributed by atoms with Gasteiger partial charge in [0.1, 0.15) is 0 Å². The standard InChI is InChI=1S/C18H15N3/c1-2-6-13(7-3-1)10-14-11-18(21-20-14)16-12-19-17-9-5-4-8-15(16)17/h1-9,11-12,19H,10H2,(H,20,21). The summed E-state index contributed by atoms with van der Waals surface area (Å²) in [6.07, 6.45) is 2.89. The highest BCUT2D eigenvalue weighted by molar-refractivity contribution is 5.94. The maximum absolute atomic E-state index is 4.46. The molecule has 0 aliphatic heterocycles. The van der Waals surface area contributed by atoms with Gasteiger partial charge in [0.2, 0.25) is 0 Å². The summed E-state index contributed by atoms with van der Waals surface area (Å²) in [4.78, 5) is 3.29. The van der Waals surface area contributed by atoms with Gasteiger partial charge in [0.25, 0.3) is 0 Å². The normalized spacial score (nSPS) is 11.0. The first kappa shape index (κ1) is 12.0. The predicted molar refractivity (Wildman–Crippen MR) is 85.1 cm³/mol. The number of aromatic amines is 2. The first-order valence-corrected chi connectivity index (χ1v) is 7.05. The molecule has 3 heteroatoms. The van der Waals surface area contributed by atoms with Gasteiger partial charge in [-0.3, -0.25) is 5.10 Å². The molecule has 21 heavy (non-hydrogen) atoms. The predicted octanol–water partition coefficient (Wildman–Crippen LogP) is 4.15. The van der Waals surface area contributed by atoms with E-state index in [0.29, 0.717) is 0 Å². The van der Waals surface area contributed by atoms with Crippen molar-refractivity contribution in [2.75, 3.05) is 0 Å². The summed E-state index contributed by atoms with van der Waals surface area (Å²) >= 11 is 0. The van der Waals surface area contributed by atoms with Crippen molar-refractivity contribution in [3.05, 3.63) is 78.1 Å². The van der Waals surface area contributed by atoms with E-state index in [0.717, 1.165) is 28.9 Å². The van der Waals surface area contributed by atoms with E-state index in [4.69, 9.17) is 0 Å². The lowest BCUT2D eigenvalue weighted by atomic mass is 10.1. The molecule has 102 valence electrons. The zero-order chi connectivity index (χ0) is 14.1. The van der Waals surface area contributed by atoms with Crippen molar-refractivity contribution in [3.8, 4) is 11.3 Å². The smallest absolute Gasteiger partial charge is 0.0945 e. The minimum absolute atomic E-state index is 0.871. The Morgan fingerprint density at radius 1 is 0.905 bits per heavy atom. The molecule has 2 aromatic heterocycles. The van der Waals surface area contributed by atoms with Crippen molar-refractivity contribution < 1.29 is 0 Å². The average Bonchev–Trinajstić information content (AvgIpc) is 3.14. The lowest BCUT2D eigenvalue weighted by Gasteiger charge is -1.96. The molecule has 0 aliphatic rings. The van der Waals surface area contributed by atoms with E-state index in [1.54, 1.807) is 0 Å². The molecule has 2 aromatic carbocycles. The second kappa shape index (κ2) is 4.94. The van der Waals surface area contributed by atoms with Gasteiger partial charge in [0, 0.05) is 34.8 Å². The Morgan fingerprint density at radius 2 is 1.71 bits per heavy atom. The summed E-state index contributed by atoms with van der Waals surface area (Å²) in [5.74, 6) is 0. The summed E-state index contributed by atoms with van der Waals surface area (Å²) in [5, 5.41) is 8.81. The lowest BCUT2D eigenvalue weighted by Crippen LogP contribution is -1.87. The van der Waals surface area contributed by atoms with Crippen LogP contribution < -0.4 is 0 Å². The SMILES string of the molecule is c1ccc(Cc2cc(-c3c[nH]c4ccccc34)n[nH]2)cc1. The lowest BCUT2D eigenvalue weighted by molar-refractivity contribution is 0.999. The maximum atomic E-state index is 4.46.